The molecule has 0 aliphatic carbocycles. The van der Waals surface area contributed by atoms with Gasteiger partial charge >= 0.3 is 11.9 Å². The van der Waals surface area contributed by atoms with Crippen molar-refractivity contribution >= 4 is 22.1 Å². The zero-order valence-corrected chi connectivity index (χ0v) is 41.8. The molecular formula is C52H95NO7S. The third-order valence-corrected chi connectivity index (χ3v) is 12.8. The van der Waals surface area contributed by atoms with Crippen LogP contribution < -0.4 is 14.8 Å². The Morgan fingerprint density at radius 2 is 0.902 bits per heavy atom. The maximum atomic E-state index is 13.4. The summed E-state index contributed by atoms with van der Waals surface area (Å²) in [5, 5.41) is 3.24. The molecule has 1 N–H and O–H groups in total. The van der Waals surface area contributed by atoms with Gasteiger partial charge in [-0.15, -0.1) is 0 Å². The molecule has 0 fully saturated rings. The van der Waals surface area contributed by atoms with Gasteiger partial charge in [0.15, 0.2) is 11.5 Å². The van der Waals surface area contributed by atoms with Crippen LogP contribution in [-0.2, 0) is 23.9 Å². The van der Waals surface area contributed by atoms with E-state index in [1.807, 2.05) is 13.8 Å². The van der Waals surface area contributed by atoms with E-state index >= 15 is 0 Å². The van der Waals surface area contributed by atoms with E-state index in [9.17, 15) is 18.0 Å². The number of carbonyl (C=O) groups excluding carboxylic acids is 2. The van der Waals surface area contributed by atoms with Gasteiger partial charge < -0.3 is 14.8 Å². The van der Waals surface area contributed by atoms with Gasteiger partial charge in [0.25, 0.3) is 10.1 Å². The zero-order valence-electron chi connectivity index (χ0n) is 41.0. The van der Waals surface area contributed by atoms with Gasteiger partial charge in [-0.3, -0.25) is 13.8 Å². The smallest absolute Gasteiger partial charge is 0.311 e. The molecule has 0 radical (unpaired) electrons. The number of esters is 2. The van der Waals surface area contributed by atoms with E-state index in [1.165, 1.54) is 128 Å². The summed E-state index contributed by atoms with van der Waals surface area (Å²) in [4.78, 5) is 26.7. The SMILES string of the molecule is CCCCCCCCCCCC(C)CCCC(C)CC(=O)Oc1ccc(C(CNC(C)C)OS(C)(=O)=O)cc1OC(=O)CC(C)CCCC(C)CCCCCCCCCCC. The molecule has 0 amide bonds. The number of ether oxygens (including phenoxy) is 2. The maximum absolute atomic E-state index is 13.4. The van der Waals surface area contributed by atoms with Crippen molar-refractivity contribution < 1.29 is 31.7 Å². The highest BCUT2D eigenvalue weighted by molar-refractivity contribution is 7.86. The van der Waals surface area contributed by atoms with Gasteiger partial charge in [-0.2, -0.15) is 8.42 Å². The van der Waals surface area contributed by atoms with Gasteiger partial charge in [0.05, 0.1) is 6.26 Å². The van der Waals surface area contributed by atoms with Crippen LogP contribution in [0.5, 0.6) is 11.5 Å². The minimum Gasteiger partial charge on any atom is -0.423 e. The second-order valence-electron chi connectivity index (χ2n) is 19.4. The molecular weight excluding hydrogens is 783 g/mol. The third kappa shape index (κ3) is 32.4. The van der Waals surface area contributed by atoms with Crippen molar-refractivity contribution in [2.24, 2.45) is 23.7 Å². The fourth-order valence-corrected chi connectivity index (χ4v) is 8.88. The number of hydrogen-bond donors (Lipinski definition) is 1. The van der Waals surface area contributed by atoms with Gasteiger partial charge in [0.1, 0.15) is 6.10 Å². The molecule has 5 unspecified atom stereocenters. The zero-order chi connectivity index (χ0) is 45.3. The molecule has 0 spiro atoms. The van der Waals surface area contributed by atoms with Crippen LogP contribution in [0.1, 0.15) is 247 Å². The lowest BCUT2D eigenvalue weighted by Gasteiger charge is -2.21. The van der Waals surface area contributed by atoms with E-state index in [0.717, 1.165) is 44.8 Å². The van der Waals surface area contributed by atoms with Crippen LogP contribution >= 0.6 is 0 Å². The molecule has 5 atom stereocenters. The lowest BCUT2D eigenvalue weighted by atomic mass is 9.93. The van der Waals surface area contributed by atoms with Gasteiger partial charge in [0.2, 0.25) is 0 Å². The Kier molecular flexibility index (Phi) is 33.1. The topological polar surface area (TPSA) is 108 Å². The fourth-order valence-electron chi connectivity index (χ4n) is 8.28. The molecule has 0 aromatic heterocycles. The van der Waals surface area contributed by atoms with Gasteiger partial charge in [-0.25, -0.2) is 0 Å². The van der Waals surface area contributed by atoms with Crippen molar-refractivity contribution in [2.75, 3.05) is 12.8 Å². The molecule has 0 heterocycles. The second kappa shape index (κ2) is 35.4. The van der Waals surface area contributed by atoms with Crippen molar-refractivity contribution in [3.05, 3.63) is 23.8 Å². The van der Waals surface area contributed by atoms with E-state index in [1.54, 1.807) is 18.2 Å². The first-order chi connectivity index (χ1) is 29.1. The minimum absolute atomic E-state index is 0.0903. The molecule has 9 heteroatoms. The first-order valence-corrected chi connectivity index (χ1v) is 27.1. The molecule has 0 aliphatic rings. The summed E-state index contributed by atoms with van der Waals surface area (Å²) in [6.07, 6.45) is 33.8. The molecule has 356 valence electrons. The van der Waals surface area contributed by atoms with Crippen LogP contribution in [0.25, 0.3) is 0 Å². The third-order valence-electron chi connectivity index (χ3n) is 12.2. The summed E-state index contributed by atoms with van der Waals surface area (Å²) < 4.78 is 41.7. The average Bonchev–Trinajstić information content (AvgIpc) is 3.18. The summed E-state index contributed by atoms with van der Waals surface area (Å²) in [7, 11) is -3.80. The Bertz CT molecular complexity index is 1370. The molecule has 0 saturated carbocycles. The van der Waals surface area contributed by atoms with Gasteiger partial charge in [-0.05, 0) is 41.4 Å². The van der Waals surface area contributed by atoms with Crippen molar-refractivity contribution in [1.29, 1.82) is 0 Å². The standard InChI is InChI=1S/C52H95NO7S/c1-10-12-14-16-18-20-22-24-26-30-43(5)32-28-34-45(7)38-51(54)58-48-37-36-47(50(41-53-42(3)4)60-61(9,56)57)40-49(48)59-52(55)39-46(8)35-29-33-44(6)31-27-25-23-21-19-17-15-13-11-2/h36-37,40,42-46,50,53H,10-35,38-39,41H2,1-9H3. The quantitative estimate of drug-likeness (QED) is 0.0301. The van der Waals surface area contributed by atoms with E-state index in [4.69, 9.17) is 13.7 Å². The number of carbonyl (C=O) groups is 2. The second-order valence-corrected chi connectivity index (χ2v) is 21.0. The van der Waals surface area contributed by atoms with Crippen molar-refractivity contribution in [2.45, 2.75) is 247 Å². The fraction of sp³-hybridized carbons (Fsp3) is 0.846. The normalized spacial score (nSPS) is 14.5. The molecule has 0 saturated heterocycles. The summed E-state index contributed by atoms with van der Waals surface area (Å²) in [5.74, 6) is 1.11. The lowest BCUT2D eigenvalue weighted by Crippen LogP contribution is -2.30. The van der Waals surface area contributed by atoms with Crippen LogP contribution in [0.2, 0.25) is 0 Å². The van der Waals surface area contributed by atoms with Gasteiger partial charge in [-0.1, -0.05) is 228 Å². The summed E-state index contributed by atoms with van der Waals surface area (Å²) >= 11 is 0. The number of benzene rings is 1. The van der Waals surface area contributed by atoms with Crippen LogP contribution in [0.15, 0.2) is 18.2 Å². The Morgan fingerprint density at radius 3 is 1.31 bits per heavy atom. The summed E-state index contributed by atoms with van der Waals surface area (Å²) in [6, 6.07) is 4.93. The molecule has 1 rings (SSSR count). The van der Waals surface area contributed by atoms with E-state index < -0.39 is 22.2 Å². The molecule has 0 aliphatic heterocycles. The van der Waals surface area contributed by atoms with Gasteiger partial charge in [0, 0.05) is 25.4 Å². The van der Waals surface area contributed by atoms with Crippen molar-refractivity contribution in [1.82, 2.24) is 5.32 Å². The first-order valence-electron chi connectivity index (χ1n) is 25.3. The Balaban J connectivity index is 2.75. The maximum Gasteiger partial charge on any atom is 0.311 e. The monoisotopic (exact) mass is 878 g/mol. The highest BCUT2D eigenvalue weighted by Crippen LogP contribution is 2.34. The van der Waals surface area contributed by atoms with Crippen molar-refractivity contribution in [3.63, 3.8) is 0 Å². The number of nitrogens with one attached hydrogen (secondary N) is 1. The molecule has 1 aromatic carbocycles. The number of hydrogen-bond acceptors (Lipinski definition) is 8. The summed E-state index contributed by atoms with van der Waals surface area (Å²) in [6.45, 7) is 17.5. The molecule has 1 aromatic rings. The number of unbranched alkanes of at least 4 members (excludes halogenated alkanes) is 16. The predicted octanol–water partition coefficient (Wildman–Crippen LogP) is 15.0. The molecule has 8 nitrogen and oxygen atoms in total. The highest BCUT2D eigenvalue weighted by Gasteiger charge is 2.23. The van der Waals surface area contributed by atoms with Crippen LogP contribution in [0.4, 0.5) is 0 Å². The van der Waals surface area contributed by atoms with Crippen molar-refractivity contribution in [3.8, 4) is 11.5 Å². The van der Waals surface area contributed by atoms with Crippen LogP contribution in [-0.4, -0.2) is 39.2 Å². The number of rotatable bonds is 40. The highest BCUT2D eigenvalue weighted by atomic mass is 32.2. The molecule has 61 heavy (non-hydrogen) atoms. The average molecular weight is 878 g/mol. The Hall–Kier alpha value is -1.97. The van der Waals surface area contributed by atoms with E-state index in [2.05, 4.69) is 46.9 Å². The minimum atomic E-state index is -3.80. The Morgan fingerprint density at radius 1 is 0.525 bits per heavy atom. The lowest BCUT2D eigenvalue weighted by molar-refractivity contribution is -0.138. The molecule has 0 bridgehead atoms. The summed E-state index contributed by atoms with van der Waals surface area (Å²) in [5.41, 5.74) is 0.500. The van der Waals surface area contributed by atoms with E-state index in [0.29, 0.717) is 17.4 Å². The predicted molar refractivity (Wildman–Crippen MR) is 257 cm³/mol. The Labute approximate surface area is 376 Å². The van der Waals surface area contributed by atoms with E-state index in [-0.39, 0.29) is 54.7 Å². The van der Waals surface area contributed by atoms with Crippen LogP contribution in [0.3, 0.4) is 0 Å². The van der Waals surface area contributed by atoms with Crippen LogP contribution in [0, 0.1) is 23.7 Å². The first kappa shape index (κ1) is 57.0. The largest absolute Gasteiger partial charge is 0.423 e.